The number of hydrogen-bond acceptors (Lipinski definition) is 0. The van der Waals surface area contributed by atoms with Crippen molar-refractivity contribution in [2.75, 3.05) is 0 Å². The van der Waals surface area contributed by atoms with Crippen LogP contribution in [0.4, 0.5) is 0 Å². The minimum atomic E-state index is 0.584. The van der Waals surface area contributed by atoms with E-state index in [0.29, 0.717) is 5.92 Å². The number of hydrogen-bond donors (Lipinski definition) is 0. The van der Waals surface area contributed by atoms with Crippen LogP contribution in [0, 0.1) is 23.7 Å². The van der Waals surface area contributed by atoms with Crippen molar-refractivity contribution in [2.45, 2.75) is 66.2 Å². The molecule has 0 aromatic rings. The zero-order valence-corrected chi connectivity index (χ0v) is 10.4. The average molecular weight is 194 g/mol. The van der Waals surface area contributed by atoms with E-state index in [2.05, 4.69) is 39.5 Å². The van der Waals surface area contributed by atoms with E-state index in [9.17, 15) is 0 Å². The summed E-state index contributed by atoms with van der Waals surface area (Å²) in [6.07, 6.45) is 7.66. The van der Waals surface area contributed by atoms with E-state index in [0.717, 1.165) is 12.3 Å². The third-order valence-corrected chi connectivity index (χ3v) is 2.33. The van der Waals surface area contributed by atoms with Crippen LogP contribution in [0.25, 0.3) is 0 Å². The van der Waals surface area contributed by atoms with E-state index in [4.69, 9.17) is 0 Å². The van der Waals surface area contributed by atoms with Crippen LogP contribution >= 0.6 is 0 Å². The average Bonchev–Trinajstić information content (AvgIpc) is 2.10. The van der Waals surface area contributed by atoms with Crippen LogP contribution in [0.15, 0.2) is 0 Å². The number of rotatable bonds is 6. The van der Waals surface area contributed by atoms with Gasteiger partial charge in [-0.1, -0.05) is 47.0 Å². The van der Waals surface area contributed by atoms with Crippen LogP contribution in [0.1, 0.15) is 66.2 Å². The molecule has 0 bridgehead atoms. The molecule has 0 aromatic carbocycles. The Morgan fingerprint density at radius 2 is 1.71 bits per heavy atom. The molecule has 0 N–H and O–H groups in total. The molecule has 0 radical (unpaired) electrons. The van der Waals surface area contributed by atoms with Gasteiger partial charge >= 0.3 is 0 Å². The molecule has 0 saturated carbocycles. The largest absolute Gasteiger partial charge is 0.103 e. The summed E-state index contributed by atoms with van der Waals surface area (Å²) in [4.78, 5) is 0. The standard InChI is InChI=1S/C14H26/c1-5-6-7-8-9-10-11-14(4)12-13(2)3/h13-14H,5-9,12H2,1-4H3. The summed E-state index contributed by atoms with van der Waals surface area (Å²) < 4.78 is 0. The summed E-state index contributed by atoms with van der Waals surface area (Å²) in [6.45, 7) is 9.01. The molecule has 0 amide bonds. The molecule has 0 aliphatic heterocycles. The van der Waals surface area contributed by atoms with Crippen LogP contribution in [-0.2, 0) is 0 Å². The van der Waals surface area contributed by atoms with E-state index in [1.165, 1.54) is 32.1 Å². The van der Waals surface area contributed by atoms with Crippen molar-refractivity contribution in [3.8, 4) is 11.8 Å². The Morgan fingerprint density at radius 1 is 1.00 bits per heavy atom. The first-order chi connectivity index (χ1) is 6.66. The fourth-order valence-corrected chi connectivity index (χ4v) is 1.65. The Balaban J connectivity index is 3.41. The minimum absolute atomic E-state index is 0.584. The van der Waals surface area contributed by atoms with Gasteiger partial charge in [0.05, 0.1) is 0 Å². The Kier molecular flexibility index (Phi) is 8.84. The molecule has 0 saturated heterocycles. The van der Waals surface area contributed by atoms with Crippen molar-refractivity contribution in [2.24, 2.45) is 11.8 Å². The van der Waals surface area contributed by atoms with Gasteiger partial charge < -0.3 is 0 Å². The molecule has 82 valence electrons. The molecule has 0 nitrogen and oxygen atoms in total. The third kappa shape index (κ3) is 9.65. The predicted molar refractivity (Wildman–Crippen MR) is 65.2 cm³/mol. The lowest BCUT2D eigenvalue weighted by Crippen LogP contribution is -1.96. The molecular weight excluding hydrogens is 168 g/mol. The Labute approximate surface area is 90.5 Å². The van der Waals surface area contributed by atoms with Gasteiger partial charge in [0.1, 0.15) is 0 Å². The molecule has 1 atom stereocenters. The zero-order chi connectivity index (χ0) is 10.8. The maximum Gasteiger partial charge on any atom is 0.0177 e. The summed E-state index contributed by atoms with van der Waals surface area (Å²) >= 11 is 0. The Bertz CT molecular complexity index is 168. The van der Waals surface area contributed by atoms with E-state index in [1.54, 1.807) is 0 Å². The predicted octanol–water partition coefficient (Wildman–Crippen LogP) is 4.64. The van der Waals surface area contributed by atoms with E-state index in [1.807, 2.05) is 0 Å². The molecule has 0 fully saturated rings. The van der Waals surface area contributed by atoms with Crippen molar-refractivity contribution in [3.05, 3.63) is 0 Å². The number of unbranched alkanes of at least 4 members (excludes halogenated alkanes) is 4. The highest BCUT2D eigenvalue weighted by Gasteiger charge is 1.99. The van der Waals surface area contributed by atoms with E-state index in [-0.39, 0.29) is 0 Å². The summed E-state index contributed by atoms with van der Waals surface area (Å²) in [5.74, 6) is 8.00. The highest BCUT2D eigenvalue weighted by molar-refractivity contribution is 5.02. The molecule has 0 spiro atoms. The molecule has 0 aliphatic rings. The first-order valence-corrected chi connectivity index (χ1v) is 6.15. The molecular formula is C14H26. The summed E-state index contributed by atoms with van der Waals surface area (Å²) in [5.41, 5.74) is 0. The van der Waals surface area contributed by atoms with Gasteiger partial charge in [-0.05, 0) is 18.8 Å². The van der Waals surface area contributed by atoms with Gasteiger partial charge in [0, 0.05) is 12.3 Å². The van der Waals surface area contributed by atoms with Gasteiger partial charge in [0.25, 0.3) is 0 Å². The summed E-state index contributed by atoms with van der Waals surface area (Å²) in [7, 11) is 0. The van der Waals surface area contributed by atoms with Gasteiger partial charge in [-0.15, -0.1) is 11.8 Å². The summed E-state index contributed by atoms with van der Waals surface area (Å²) in [6, 6.07) is 0. The molecule has 0 aliphatic carbocycles. The van der Waals surface area contributed by atoms with Crippen LogP contribution in [0.2, 0.25) is 0 Å². The topological polar surface area (TPSA) is 0 Å². The molecule has 1 unspecified atom stereocenters. The van der Waals surface area contributed by atoms with Crippen LogP contribution in [0.5, 0.6) is 0 Å². The fourth-order valence-electron chi connectivity index (χ4n) is 1.65. The Morgan fingerprint density at radius 3 is 2.29 bits per heavy atom. The SMILES string of the molecule is CCCCCCC#CC(C)CC(C)C. The zero-order valence-electron chi connectivity index (χ0n) is 10.4. The van der Waals surface area contributed by atoms with Gasteiger partial charge in [-0.2, -0.15) is 0 Å². The smallest absolute Gasteiger partial charge is 0.0177 e. The maximum atomic E-state index is 3.34. The third-order valence-electron chi connectivity index (χ3n) is 2.33. The minimum Gasteiger partial charge on any atom is -0.103 e. The summed E-state index contributed by atoms with van der Waals surface area (Å²) in [5, 5.41) is 0. The second-order valence-electron chi connectivity index (χ2n) is 4.66. The van der Waals surface area contributed by atoms with E-state index < -0.39 is 0 Å². The van der Waals surface area contributed by atoms with Crippen LogP contribution in [0.3, 0.4) is 0 Å². The molecule has 14 heavy (non-hydrogen) atoms. The van der Waals surface area contributed by atoms with Crippen molar-refractivity contribution in [3.63, 3.8) is 0 Å². The molecule has 0 heterocycles. The highest BCUT2D eigenvalue weighted by atomic mass is 14.0. The molecule has 0 aromatic heterocycles. The fraction of sp³-hybridized carbons (Fsp3) is 0.857. The monoisotopic (exact) mass is 194 g/mol. The first-order valence-electron chi connectivity index (χ1n) is 6.15. The maximum absolute atomic E-state index is 3.34. The van der Waals surface area contributed by atoms with Crippen LogP contribution in [-0.4, -0.2) is 0 Å². The van der Waals surface area contributed by atoms with Gasteiger partial charge in [-0.25, -0.2) is 0 Å². The van der Waals surface area contributed by atoms with Crippen molar-refractivity contribution in [1.82, 2.24) is 0 Å². The van der Waals surface area contributed by atoms with Crippen molar-refractivity contribution in [1.29, 1.82) is 0 Å². The van der Waals surface area contributed by atoms with Crippen LogP contribution < -0.4 is 0 Å². The van der Waals surface area contributed by atoms with Gasteiger partial charge in [0.15, 0.2) is 0 Å². The molecule has 0 rings (SSSR count). The second-order valence-corrected chi connectivity index (χ2v) is 4.66. The van der Waals surface area contributed by atoms with Gasteiger partial charge in [0.2, 0.25) is 0 Å². The lowest BCUT2D eigenvalue weighted by atomic mass is 9.99. The lowest BCUT2D eigenvalue weighted by molar-refractivity contribution is 0.513. The van der Waals surface area contributed by atoms with E-state index >= 15 is 0 Å². The second kappa shape index (κ2) is 9.13. The Hall–Kier alpha value is -0.440. The first kappa shape index (κ1) is 13.6. The quantitative estimate of drug-likeness (QED) is 0.427. The van der Waals surface area contributed by atoms with Gasteiger partial charge in [-0.3, -0.25) is 0 Å². The highest BCUT2D eigenvalue weighted by Crippen LogP contribution is 2.09. The van der Waals surface area contributed by atoms with Crippen molar-refractivity contribution >= 4 is 0 Å². The molecule has 0 heteroatoms. The van der Waals surface area contributed by atoms with Crippen molar-refractivity contribution < 1.29 is 0 Å². The lowest BCUT2D eigenvalue weighted by Gasteiger charge is -2.05. The normalized spacial score (nSPS) is 12.4.